The second kappa shape index (κ2) is 13.9. The Labute approximate surface area is 229 Å². The second-order valence-corrected chi connectivity index (χ2v) is 9.75. The lowest BCUT2D eigenvalue weighted by atomic mass is 10.1. The summed E-state index contributed by atoms with van der Waals surface area (Å²) >= 11 is 0. The third-order valence-corrected chi connectivity index (χ3v) is 6.77. The lowest BCUT2D eigenvalue weighted by Crippen LogP contribution is -2.48. The van der Waals surface area contributed by atoms with Gasteiger partial charge in [0.2, 0.25) is 5.91 Å². The van der Waals surface area contributed by atoms with E-state index in [4.69, 9.17) is 9.15 Å². The lowest BCUT2D eigenvalue weighted by Gasteiger charge is -2.31. The van der Waals surface area contributed by atoms with E-state index < -0.39 is 0 Å². The molecule has 0 bridgehead atoms. The summed E-state index contributed by atoms with van der Waals surface area (Å²) in [5, 5.41) is 2.97. The molecule has 1 aromatic heterocycles. The van der Waals surface area contributed by atoms with Crippen LogP contribution in [0.2, 0.25) is 0 Å². The van der Waals surface area contributed by atoms with E-state index in [-0.39, 0.29) is 37.4 Å². The van der Waals surface area contributed by atoms with Gasteiger partial charge in [-0.05, 0) is 60.9 Å². The monoisotopic (exact) mass is 536 g/mol. The fraction of sp³-hybridized carbons (Fsp3) is 0.400. The Hall–Kier alpha value is -3.69. The number of carbonyl (C=O) groups excluding carboxylic acids is 2. The number of hydrogen-bond donors (Lipinski definition) is 1. The normalized spacial score (nSPS) is 13.7. The Balaban J connectivity index is 1.51. The van der Waals surface area contributed by atoms with Gasteiger partial charge in [0.05, 0.1) is 19.8 Å². The van der Waals surface area contributed by atoms with Crippen molar-refractivity contribution in [2.45, 2.75) is 33.4 Å². The lowest BCUT2D eigenvalue weighted by molar-refractivity contribution is -0.133. The molecular weight excluding hydrogens is 499 g/mol. The van der Waals surface area contributed by atoms with Crippen molar-refractivity contribution in [2.24, 2.45) is 0 Å². The fourth-order valence-electron chi connectivity index (χ4n) is 4.47. The maximum Gasteiger partial charge on any atom is 0.322 e. The average Bonchev–Trinajstić information content (AvgIpc) is 3.36. The molecule has 0 atom stereocenters. The van der Waals surface area contributed by atoms with Gasteiger partial charge < -0.3 is 24.3 Å². The van der Waals surface area contributed by atoms with Crippen LogP contribution in [0.25, 0.3) is 0 Å². The summed E-state index contributed by atoms with van der Waals surface area (Å²) in [5.74, 6) is 0.827. The number of morpholine rings is 1. The minimum absolute atomic E-state index is 0.107. The number of urea groups is 1. The zero-order chi connectivity index (χ0) is 27.6. The number of rotatable bonds is 11. The summed E-state index contributed by atoms with van der Waals surface area (Å²) in [4.78, 5) is 32.6. The molecule has 8 nitrogen and oxygen atoms in total. The van der Waals surface area contributed by atoms with E-state index in [9.17, 15) is 14.0 Å². The molecule has 3 amide bonds. The van der Waals surface area contributed by atoms with Gasteiger partial charge in [0.1, 0.15) is 23.9 Å². The largest absolute Gasteiger partial charge is 0.464 e. The number of halogens is 1. The van der Waals surface area contributed by atoms with E-state index in [0.29, 0.717) is 37.8 Å². The summed E-state index contributed by atoms with van der Waals surface area (Å²) in [6, 6.07) is 17.1. The van der Waals surface area contributed by atoms with Gasteiger partial charge in [-0.25, -0.2) is 9.18 Å². The minimum Gasteiger partial charge on any atom is -0.464 e. The molecule has 0 radical (unpaired) electrons. The average molecular weight is 537 g/mol. The van der Waals surface area contributed by atoms with Crippen LogP contribution < -0.4 is 5.32 Å². The first-order valence-electron chi connectivity index (χ1n) is 13.4. The molecule has 1 aliphatic heterocycles. The molecule has 0 saturated carbocycles. The third kappa shape index (κ3) is 8.66. The van der Waals surface area contributed by atoms with Crippen molar-refractivity contribution in [3.8, 4) is 0 Å². The third-order valence-electron chi connectivity index (χ3n) is 6.77. The molecule has 1 N–H and O–H groups in total. The van der Waals surface area contributed by atoms with Gasteiger partial charge in [-0.1, -0.05) is 31.2 Å². The maximum atomic E-state index is 13.7. The van der Waals surface area contributed by atoms with Gasteiger partial charge in [0.25, 0.3) is 0 Å². The molecule has 208 valence electrons. The molecule has 3 aromatic rings. The number of furan rings is 1. The van der Waals surface area contributed by atoms with Crippen LogP contribution >= 0.6 is 0 Å². The zero-order valence-electron chi connectivity index (χ0n) is 22.7. The first-order chi connectivity index (χ1) is 18.9. The molecule has 2 aromatic carbocycles. The number of nitrogens with zero attached hydrogens (tertiary/aromatic N) is 3. The number of benzene rings is 2. The molecule has 2 heterocycles. The van der Waals surface area contributed by atoms with Crippen LogP contribution in [-0.2, 0) is 29.0 Å². The van der Waals surface area contributed by atoms with E-state index in [1.165, 1.54) is 12.1 Å². The first-order valence-corrected chi connectivity index (χ1v) is 13.4. The first kappa shape index (κ1) is 28.3. The maximum absolute atomic E-state index is 13.7. The standard InChI is InChI=1S/C30H37FN4O4/c1-3-24-5-4-6-27(19-24)32-30(37)34(14-13-33-15-17-38-18-16-33)22-29(36)35(21-28-12-7-23(2)39-28)20-25-8-10-26(31)11-9-25/h4-12,19H,3,13-18,20-22H2,1-2H3,(H,32,37). The van der Waals surface area contributed by atoms with Gasteiger partial charge in [-0.2, -0.15) is 0 Å². The van der Waals surface area contributed by atoms with Crippen LogP contribution in [0.15, 0.2) is 65.1 Å². The molecule has 1 fully saturated rings. The van der Waals surface area contributed by atoms with Gasteiger partial charge >= 0.3 is 6.03 Å². The molecule has 0 unspecified atom stereocenters. The van der Waals surface area contributed by atoms with Gasteiger partial charge in [-0.15, -0.1) is 0 Å². The zero-order valence-corrected chi connectivity index (χ0v) is 22.7. The molecule has 0 aliphatic carbocycles. The Bertz CT molecular complexity index is 1220. The predicted molar refractivity (Wildman–Crippen MR) is 148 cm³/mol. The highest BCUT2D eigenvalue weighted by Gasteiger charge is 2.24. The highest BCUT2D eigenvalue weighted by Crippen LogP contribution is 2.16. The van der Waals surface area contributed by atoms with Crippen molar-refractivity contribution < 1.29 is 23.1 Å². The molecule has 0 spiro atoms. The summed E-state index contributed by atoms with van der Waals surface area (Å²) in [7, 11) is 0. The molecule has 39 heavy (non-hydrogen) atoms. The minimum atomic E-state index is -0.337. The number of aryl methyl sites for hydroxylation is 2. The second-order valence-electron chi connectivity index (χ2n) is 9.75. The molecule has 4 rings (SSSR count). The molecule has 1 aliphatic rings. The summed E-state index contributed by atoms with van der Waals surface area (Å²) in [6.45, 7) is 8.20. The van der Waals surface area contributed by atoms with E-state index >= 15 is 0 Å². The van der Waals surface area contributed by atoms with Crippen molar-refractivity contribution in [1.29, 1.82) is 0 Å². The summed E-state index contributed by atoms with van der Waals surface area (Å²) in [6.07, 6.45) is 0.855. The number of nitrogens with one attached hydrogen (secondary N) is 1. The van der Waals surface area contributed by atoms with Crippen LogP contribution in [0.3, 0.4) is 0 Å². The Morgan fingerprint density at radius 2 is 1.74 bits per heavy atom. The van der Waals surface area contributed by atoms with Gasteiger partial charge in [0.15, 0.2) is 0 Å². The van der Waals surface area contributed by atoms with Crippen LogP contribution in [-0.4, -0.2) is 72.6 Å². The highest BCUT2D eigenvalue weighted by atomic mass is 19.1. The Morgan fingerprint density at radius 1 is 0.974 bits per heavy atom. The van der Waals surface area contributed by atoms with E-state index in [0.717, 1.165) is 36.4 Å². The van der Waals surface area contributed by atoms with Crippen molar-refractivity contribution >= 4 is 17.6 Å². The number of ether oxygens (including phenoxy) is 1. The fourth-order valence-corrected chi connectivity index (χ4v) is 4.47. The van der Waals surface area contributed by atoms with Crippen LogP contribution in [0, 0.1) is 12.7 Å². The Morgan fingerprint density at radius 3 is 2.44 bits per heavy atom. The summed E-state index contributed by atoms with van der Waals surface area (Å²) < 4.78 is 24.7. The van der Waals surface area contributed by atoms with Crippen LogP contribution in [0.5, 0.6) is 0 Å². The quantitative estimate of drug-likeness (QED) is 0.385. The smallest absolute Gasteiger partial charge is 0.322 e. The van der Waals surface area contributed by atoms with Crippen molar-refractivity contribution in [2.75, 3.05) is 51.3 Å². The van der Waals surface area contributed by atoms with Crippen molar-refractivity contribution in [3.63, 3.8) is 0 Å². The van der Waals surface area contributed by atoms with Crippen molar-refractivity contribution in [1.82, 2.24) is 14.7 Å². The van der Waals surface area contributed by atoms with Crippen LogP contribution in [0.1, 0.15) is 29.6 Å². The Kier molecular flexibility index (Phi) is 10.1. The highest BCUT2D eigenvalue weighted by molar-refractivity contribution is 5.92. The van der Waals surface area contributed by atoms with E-state index in [2.05, 4.69) is 17.1 Å². The van der Waals surface area contributed by atoms with Crippen molar-refractivity contribution in [3.05, 3.63) is 89.1 Å². The number of hydrogen-bond acceptors (Lipinski definition) is 5. The topological polar surface area (TPSA) is 78.3 Å². The number of anilines is 1. The predicted octanol–water partition coefficient (Wildman–Crippen LogP) is 4.68. The summed E-state index contributed by atoms with van der Waals surface area (Å²) in [5.41, 5.74) is 2.59. The van der Waals surface area contributed by atoms with Gasteiger partial charge in [0, 0.05) is 38.4 Å². The van der Waals surface area contributed by atoms with Crippen LogP contribution in [0.4, 0.5) is 14.9 Å². The number of amides is 3. The molecule has 1 saturated heterocycles. The molecular formula is C30H37FN4O4. The van der Waals surface area contributed by atoms with E-state index in [1.54, 1.807) is 21.9 Å². The SMILES string of the molecule is CCc1cccc(NC(=O)N(CCN2CCOCC2)CC(=O)N(Cc2ccc(F)cc2)Cc2ccc(C)o2)c1. The number of carbonyl (C=O) groups is 2. The van der Waals surface area contributed by atoms with E-state index in [1.807, 2.05) is 43.3 Å². The molecule has 9 heteroatoms. The van der Waals surface area contributed by atoms with Gasteiger partial charge in [-0.3, -0.25) is 9.69 Å².